The number of carbonyl (C=O) groups excluding carboxylic acids is 2. The monoisotopic (exact) mass is 423 g/mol. The Hall–Kier alpha value is -3.14. The van der Waals surface area contributed by atoms with Crippen molar-refractivity contribution in [1.29, 1.82) is 0 Å². The Kier molecular flexibility index (Phi) is 6.50. The normalized spacial score (nSPS) is 9.92. The molecule has 0 atom stereocenters. The number of benzene rings is 2. The van der Waals surface area contributed by atoms with Crippen molar-refractivity contribution >= 4 is 33.4 Å². The Morgan fingerprint density at radius 1 is 1.15 bits per heavy atom. The van der Waals surface area contributed by atoms with Gasteiger partial charge < -0.3 is 9.47 Å². The van der Waals surface area contributed by atoms with Crippen molar-refractivity contribution in [3.05, 3.63) is 62.6 Å². The molecule has 0 fully saturated rings. The summed E-state index contributed by atoms with van der Waals surface area (Å²) in [4.78, 5) is 33.7. The predicted octanol–water partition coefficient (Wildman–Crippen LogP) is 2.21. The third-order valence-corrected chi connectivity index (χ3v) is 3.77. The minimum atomic E-state index is -0.593. The van der Waals surface area contributed by atoms with Gasteiger partial charge in [0.15, 0.2) is 6.61 Å². The lowest BCUT2D eigenvalue weighted by Crippen LogP contribution is -2.43. The van der Waals surface area contributed by atoms with Gasteiger partial charge in [0.1, 0.15) is 11.5 Å². The Balaban J connectivity index is 1.81. The zero-order chi connectivity index (χ0) is 19.1. The molecule has 0 bridgehead atoms. The van der Waals surface area contributed by atoms with Crippen molar-refractivity contribution in [2.45, 2.75) is 0 Å². The minimum absolute atomic E-state index is 0.0836. The summed E-state index contributed by atoms with van der Waals surface area (Å²) in [6.45, 7) is -0.371. The first kappa shape index (κ1) is 19.2. The van der Waals surface area contributed by atoms with E-state index in [-0.39, 0.29) is 18.0 Å². The number of amides is 2. The van der Waals surface area contributed by atoms with Crippen molar-refractivity contribution in [2.75, 3.05) is 13.7 Å². The van der Waals surface area contributed by atoms with E-state index in [2.05, 4.69) is 26.8 Å². The van der Waals surface area contributed by atoms with Gasteiger partial charge in [0.05, 0.1) is 16.5 Å². The Morgan fingerprint density at radius 3 is 2.42 bits per heavy atom. The van der Waals surface area contributed by atoms with E-state index in [1.54, 1.807) is 18.2 Å². The average molecular weight is 424 g/mol. The first-order valence-electron chi connectivity index (χ1n) is 7.20. The highest BCUT2D eigenvalue weighted by atomic mass is 79.9. The molecule has 0 radical (unpaired) electrons. The van der Waals surface area contributed by atoms with Crippen LogP contribution in [0, 0.1) is 10.1 Å². The summed E-state index contributed by atoms with van der Waals surface area (Å²) >= 11 is 3.27. The Bertz CT molecular complexity index is 825. The molecular weight excluding hydrogens is 410 g/mol. The Morgan fingerprint density at radius 2 is 1.85 bits per heavy atom. The highest BCUT2D eigenvalue weighted by Crippen LogP contribution is 2.25. The van der Waals surface area contributed by atoms with Gasteiger partial charge in [-0.2, -0.15) is 0 Å². The molecule has 0 heterocycles. The molecule has 0 saturated heterocycles. The third-order valence-electron chi connectivity index (χ3n) is 3.15. The highest BCUT2D eigenvalue weighted by molar-refractivity contribution is 9.10. The SMILES string of the molecule is COc1ccc(C(=O)NNC(=O)COc2ccc([N+](=O)[O-])cc2)cc1Br. The zero-order valence-corrected chi connectivity index (χ0v) is 15.1. The lowest BCUT2D eigenvalue weighted by Gasteiger charge is -2.10. The average Bonchev–Trinajstić information content (AvgIpc) is 2.64. The fraction of sp³-hybridized carbons (Fsp3) is 0.125. The van der Waals surface area contributed by atoms with Gasteiger partial charge in [0.2, 0.25) is 0 Å². The second kappa shape index (κ2) is 8.81. The topological polar surface area (TPSA) is 120 Å². The summed E-state index contributed by atoms with van der Waals surface area (Å²) < 4.78 is 10.8. The van der Waals surface area contributed by atoms with E-state index in [4.69, 9.17) is 9.47 Å². The van der Waals surface area contributed by atoms with Crippen LogP contribution in [-0.2, 0) is 4.79 Å². The standard InChI is InChI=1S/C16H14BrN3O6/c1-25-14-7-2-10(8-13(14)17)16(22)19-18-15(21)9-26-12-5-3-11(4-6-12)20(23)24/h2-8H,9H2,1H3,(H,18,21)(H,19,22). The predicted molar refractivity (Wildman–Crippen MR) is 94.9 cm³/mol. The van der Waals surface area contributed by atoms with Crippen LogP contribution < -0.4 is 20.3 Å². The van der Waals surface area contributed by atoms with Gasteiger partial charge in [0, 0.05) is 17.7 Å². The number of non-ortho nitro benzene ring substituents is 1. The van der Waals surface area contributed by atoms with Crippen molar-refractivity contribution in [3.8, 4) is 11.5 Å². The molecule has 9 nitrogen and oxygen atoms in total. The zero-order valence-electron chi connectivity index (χ0n) is 13.5. The van der Waals surface area contributed by atoms with Crippen LogP contribution in [0.4, 0.5) is 5.69 Å². The van der Waals surface area contributed by atoms with Crippen LogP contribution in [0.15, 0.2) is 46.9 Å². The number of nitro benzene ring substituents is 1. The number of hydrogen-bond acceptors (Lipinski definition) is 6. The molecule has 136 valence electrons. The van der Waals surface area contributed by atoms with Gasteiger partial charge in [-0.1, -0.05) is 0 Å². The van der Waals surface area contributed by atoms with Crippen molar-refractivity contribution in [2.24, 2.45) is 0 Å². The summed E-state index contributed by atoms with van der Waals surface area (Å²) in [5.41, 5.74) is 4.70. The molecule has 2 amide bonds. The van der Waals surface area contributed by atoms with Crippen LogP contribution >= 0.6 is 15.9 Å². The van der Waals surface area contributed by atoms with Gasteiger partial charge in [-0.15, -0.1) is 0 Å². The van der Waals surface area contributed by atoms with Crippen molar-refractivity contribution in [3.63, 3.8) is 0 Å². The summed E-state index contributed by atoms with van der Waals surface area (Å²) in [7, 11) is 1.50. The van der Waals surface area contributed by atoms with E-state index in [0.29, 0.717) is 15.8 Å². The highest BCUT2D eigenvalue weighted by Gasteiger charge is 2.11. The van der Waals surface area contributed by atoms with Gasteiger partial charge in [-0.25, -0.2) is 0 Å². The van der Waals surface area contributed by atoms with Gasteiger partial charge in [-0.05, 0) is 46.3 Å². The smallest absolute Gasteiger partial charge is 0.276 e. The van der Waals surface area contributed by atoms with E-state index in [1.807, 2.05) is 0 Å². The van der Waals surface area contributed by atoms with E-state index in [9.17, 15) is 19.7 Å². The second-order valence-electron chi connectivity index (χ2n) is 4.89. The van der Waals surface area contributed by atoms with Crippen molar-refractivity contribution in [1.82, 2.24) is 10.9 Å². The molecule has 2 rings (SSSR count). The number of nitro groups is 1. The van der Waals surface area contributed by atoms with Crippen LogP contribution in [0.3, 0.4) is 0 Å². The first-order valence-corrected chi connectivity index (χ1v) is 8.00. The largest absolute Gasteiger partial charge is 0.496 e. The molecule has 2 N–H and O–H groups in total. The molecule has 0 aliphatic heterocycles. The molecule has 0 saturated carbocycles. The molecule has 0 unspecified atom stereocenters. The number of carbonyl (C=O) groups is 2. The summed E-state index contributed by atoms with van der Waals surface area (Å²) in [5, 5.41) is 10.6. The minimum Gasteiger partial charge on any atom is -0.496 e. The fourth-order valence-corrected chi connectivity index (χ4v) is 2.40. The van der Waals surface area contributed by atoms with Gasteiger partial charge >= 0.3 is 0 Å². The van der Waals surface area contributed by atoms with Crippen LogP contribution in [0.2, 0.25) is 0 Å². The number of ether oxygens (including phenoxy) is 2. The lowest BCUT2D eigenvalue weighted by atomic mass is 10.2. The van der Waals surface area contributed by atoms with Gasteiger partial charge in [0.25, 0.3) is 17.5 Å². The molecule has 10 heteroatoms. The van der Waals surface area contributed by atoms with Crippen molar-refractivity contribution < 1.29 is 24.0 Å². The molecule has 0 aliphatic carbocycles. The molecule has 2 aromatic rings. The first-order chi connectivity index (χ1) is 12.4. The maximum atomic E-state index is 12.0. The number of nitrogens with zero attached hydrogens (tertiary/aromatic N) is 1. The summed E-state index contributed by atoms with van der Waals surface area (Å²) in [6, 6.07) is 9.97. The van der Waals surface area contributed by atoms with E-state index in [1.165, 1.54) is 31.4 Å². The van der Waals surface area contributed by atoms with Crippen LogP contribution in [0.25, 0.3) is 0 Å². The van der Waals surface area contributed by atoms with Gasteiger partial charge in [-0.3, -0.25) is 30.6 Å². The number of rotatable bonds is 6. The van der Waals surface area contributed by atoms with E-state index < -0.39 is 16.7 Å². The number of hydrogen-bond donors (Lipinski definition) is 2. The third kappa shape index (κ3) is 5.18. The van der Waals surface area contributed by atoms with Crippen LogP contribution in [-0.4, -0.2) is 30.5 Å². The molecule has 0 aromatic heterocycles. The summed E-state index contributed by atoms with van der Waals surface area (Å²) in [6.07, 6.45) is 0. The quantitative estimate of drug-likeness (QED) is 0.542. The molecular formula is C16H14BrN3O6. The number of halogens is 1. The van der Waals surface area contributed by atoms with E-state index >= 15 is 0 Å². The number of hydrazine groups is 1. The maximum Gasteiger partial charge on any atom is 0.276 e. The summed E-state index contributed by atoms with van der Waals surface area (Å²) in [5.74, 6) is -0.250. The number of nitrogens with one attached hydrogen (secondary N) is 2. The van der Waals surface area contributed by atoms with Crippen LogP contribution in [0.5, 0.6) is 11.5 Å². The fourth-order valence-electron chi connectivity index (χ4n) is 1.86. The Labute approximate surface area is 156 Å². The molecule has 0 aliphatic rings. The van der Waals surface area contributed by atoms with E-state index in [0.717, 1.165) is 0 Å². The molecule has 26 heavy (non-hydrogen) atoms. The second-order valence-corrected chi connectivity index (χ2v) is 5.75. The maximum absolute atomic E-state index is 12.0. The molecule has 2 aromatic carbocycles. The van der Waals surface area contributed by atoms with Crippen LogP contribution in [0.1, 0.15) is 10.4 Å². The molecule has 0 spiro atoms. The number of methoxy groups -OCH3 is 1. The lowest BCUT2D eigenvalue weighted by molar-refractivity contribution is -0.384.